The number of aromatic amines is 1. The molecule has 0 bridgehead atoms. The number of thioether (sulfide) groups is 1. The Bertz CT molecular complexity index is 2380. The smallest absolute Gasteiger partial charge is 0.290 e. The number of nitrogens with two attached hydrogens (primary N) is 1. The molecule has 0 saturated carbocycles. The number of rotatable bonds is 14. The molecule has 9 amide bonds. The molecule has 22 nitrogen and oxygen atoms in total. The maximum Gasteiger partial charge on any atom is 0.290 e. The number of benzene rings is 2. The number of aromatic nitrogens is 1. The van der Waals surface area contributed by atoms with Gasteiger partial charge in [0, 0.05) is 60.7 Å². The lowest BCUT2D eigenvalue weighted by Gasteiger charge is -2.30. The van der Waals surface area contributed by atoms with Crippen molar-refractivity contribution in [2.24, 2.45) is 5.73 Å². The molecular weight excluding hydrogens is 893 g/mol. The largest absolute Gasteiger partial charge is 0.395 e. The number of amides is 9. The van der Waals surface area contributed by atoms with Crippen LogP contribution in [0.2, 0.25) is 0 Å². The van der Waals surface area contributed by atoms with Gasteiger partial charge < -0.3 is 63.0 Å². The third-order valence-electron chi connectivity index (χ3n) is 10.9. The summed E-state index contributed by atoms with van der Waals surface area (Å²) in [6.45, 7) is -1.32. The monoisotopic (exact) mass is 946 g/mol. The van der Waals surface area contributed by atoms with Crippen molar-refractivity contribution in [3.8, 4) is 0 Å². The maximum absolute atomic E-state index is 14.4. The van der Waals surface area contributed by atoms with Crippen LogP contribution in [0.25, 0.3) is 17.0 Å². The SMILES string of the molecule is CSCCC1NC(=O)C2CCCN2C(=O)C(NC(=O)c2ccccc2)CNC(=O)C(CCC(N)=O)NC(=O)C(=Cc2c[nH]c3ccccc23)NC(=O)C(CC(O)C(=O)NCCO)NC(=O)C1=O. The molecule has 67 heavy (non-hydrogen) atoms. The standard InChI is InChI=1S/C44H54N10O12S/c1-67-19-15-28-36(58)43(65)52-31(21-34(56)42(64)46-16-18-55)40(62)51-30(20-25-22-47-27-11-6-5-10-26(25)27)39(61)50-29(13-14-35(45)57)38(60)48-23-32(53-37(59)24-8-3-2-4-9-24)44(66)54-17-7-12-33(54)41(63)49-28/h2-6,8-11,20,22,28-29,31-34,47,55-56H,7,12-19,21,23H2,1H3,(H2,45,57)(H,46,64)(H,48,60)(H,49,63)(H,50,61)(H,51,62)(H,52,65)(H,53,59). The van der Waals surface area contributed by atoms with Gasteiger partial charge in [0.05, 0.1) is 12.6 Å². The summed E-state index contributed by atoms with van der Waals surface area (Å²) in [7, 11) is 0. The van der Waals surface area contributed by atoms with E-state index in [1.165, 1.54) is 41.1 Å². The van der Waals surface area contributed by atoms with Crippen LogP contribution < -0.4 is 43.0 Å². The molecule has 1 aromatic heterocycles. The van der Waals surface area contributed by atoms with Gasteiger partial charge in [-0.2, -0.15) is 11.8 Å². The highest BCUT2D eigenvalue weighted by molar-refractivity contribution is 7.98. The van der Waals surface area contributed by atoms with Gasteiger partial charge in [-0.15, -0.1) is 0 Å². The number of carbonyl (C=O) groups is 10. The number of nitrogens with zero attached hydrogens (tertiary/aromatic N) is 1. The number of ketones is 1. The van der Waals surface area contributed by atoms with Gasteiger partial charge in [0.25, 0.3) is 17.7 Å². The summed E-state index contributed by atoms with van der Waals surface area (Å²) in [5.41, 5.74) is 6.01. The van der Waals surface area contributed by atoms with E-state index in [1.807, 2.05) is 0 Å². The topological polar surface area (TPSA) is 340 Å². The van der Waals surface area contributed by atoms with Gasteiger partial charge in [-0.1, -0.05) is 36.4 Å². The Morgan fingerprint density at radius 3 is 2.33 bits per heavy atom. The second kappa shape index (κ2) is 24.4. The fourth-order valence-electron chi connectivity index (χ4n) is 7.42. The molecule has 0 radical (unpaired) electrons. The molecule has 3 heterocycles. The van der Waals surface area contributed by atoms with Crippen LogP contribution in [0, 0.1) is 0 Å². The van der Waals surface area contributed by atoms with Gasteiger partial charge in [-0.05, 0) is 62.0 Å². The quantitative estimate of drug-likeness (QED) is 0.0587. The molecule has 0 spiro atoms. The Morgan fingerprint density at radius 2 is 1.61 bits per heavy atom. The first kappa shape index (κ1) is 50.9. The number of hydrogen-bond donors (Lipinski definition) is 11. The van der Waals surface area contributed by atoms with Crippen LogP contribution in [-0.2, 0) is 43.2 Å². The van der Waals surface area contributed by atoms with E-state index in [0.717, 1.165) is 0 Å². The first-order chi connectivity index (χ1) is 32.1. The number of H-pyrrole nitrogens is 1. The minimum Gasteiger partial charge on any atom is -0.395 e. The van der Waals surface area contributed by atoms with Crippen molar-refractivity contribution >= 4 is 87.7 Å². The molecule has 0 aliphatic carbocycles. The Morgan fingerprint density at radius 1 is 0.896 bits per heavy atom. The predicted molar refractivity (Wildman–Crippen MR) is 243 cm³/mol. The van der Waals surface area contributed by atoms with Gasteiger partial charge >= 0.3 is 0 Å². The number of Topliss-reactive ketones (excluding diaryl/α,β-unsaturated/α-hetero) is 1. The average Bonchev–Trinajstić information content (AvgIpc) is 3.99. The Balaban J connectivity index is 1.60. The molecule has 358 valence electrons. The zero-order chi connectivity index (χ0) is 48.6. The lowest BCUT2D eigenvalue weighted by Crippen LogP contribution is -2.60. The molecule has 3 aromatic rings. The second-order valence-corrected chi connectivity index (χ2v) is 16.7. The van der Waals surface area contributed by atoms with Crippen LogP contribution in [0.3, 0.4) is 0 Å². The van der Waals surface area contributed by atoms with Crippen LogP contribution >= 0.6 is 11.8 Å². The molecule has 23 heteroatoms. The van der Waals surface area contributed by atoms with E-state index in [0.29, 0.717) is 22.9 Å². The third-order valence-corrected chi connectivity index (χ3v) is 11.6. The second-order valence-electron chi connectivity index (χ2n) is 15.7. The number of aliphatic hydroxyl groups excluding tert-OH is 2. The van der Waals surface area contributed by atoms with E-state index < -0.39 is 133 Å². The van der Waals surface area contributed by atoms with Crippen LogP contribution in [-0.4, -0.2) is 154 Å². The zero-order valence-corrected chi connectivity index (χ0v) is 37.3. The lowest BCUT2D eigenvalue weighted by molar-refractivity contribution is -0.143. The summed E-state index contributed by atoms with van der Waals surface area (Å²) in [5, 5.41) is 37.7. The van der Waals surface area contributed by atoms with Gasteiger partial charge in [0.1, 0.15) is 36.0 Å². The minimum atomic E-state index is -2.01. The number of fused-ring (bicyclic) bond motifs is 2. The van der Waals surface area contributed by atoms with E-state index in [-0.39, 0.29) is 37.2 Å². The fraction of sp³-hybridized carbons (Fsp3) is 0.409. The van der Waals surface area contributed by atoms with E-state index in [4.69, 9.17) is 5.73 Å². The first-order valence-electron chi connectivity index (χ1n) is 21.4. The van der Waals surface area contributed by atoms with E-state index in [9.17, 15) is 58.2 Å². The molecule has 2 aromatic carbocycles. The summed E-state index contributed by atoms with van der Waals surface area (Å²) in [6, 6.07) is 7.04. The highest BCUT2D eigenvalue weighted by Crippen LogP contribution is 2.22. The average molecular weight is 947 g/mol. The first-order valence-corrected chi connectivity index (χ1v) is 22.8. The van der Waals surface area contributed by atoms with Crippen molar-refractivity contribution in [2.45, 2.75) is 74.8 Å². The van der Waals surface area contributed by atoms with Gasteiger partial charge in [-0.25, -0.2) is 0 Å². The molecule has 2 saturated heterocycles. The van der Waals surface area contributed by atoms with E-state index in [2.05, 4.69) is 42.2 Å². The Labute approximate surface area is 388 Å². The lowest BCUT2D eigenvalue weighted by atomic mass is 10.0. The molecule has 5 rings (SSSR count). The van der Waals surface area contributed by atoms with Gasteiger partial charge in [0.2, 0.25) is 41.2 Å². The minimum absolute atomic E-state index is 0.0281. The Hall–Kier alpha value is -7.11. The summed E-state index contributed by atoms with van der Waals surface area (Å²) in [6.07, 6.45) is 1.11. The molecule has 2 fully saturated rings. The molecule has 12 N–H and O–H groups in total. The zero-order valence-electron chi connectivity index (χ0n) is 36.5. The third kappa shape index (κ3) is 13.9. The maximum atomic E-state index is 14.4. The molecule has 6 atom stereocenters. The van der Waals surface area contributed by atoms with E-state index in [1.54, 1.807) is 48.7 Å². The van der Waals surface area contributed by atoms with Crippen LogP contribution in [0.4, 0.5) is 0 Å². The summed E-state index contributed by atoms with van der Waals surface area (Å²) in [4.78, 5) is 141. The highest BCUT2D eigenvalue weighted by Gasteiger charge is 2.41. The van der Waals surface area contributed by atoms with Crippen molar-refractivity contribution in [3.05, 3.63) is 77.6 Å². The van der Waals surface area contributed by atoms with Crippen LogP contribution in [0.1, 0.15) is 54.4 Å². The van der Waals surface area contributed by atoms with Crippen molar-refractivity contribution < 1.29 is 58.2 Å². The highest BCUT2D eigenvalue weighted by atomic mass is 32.2. The number of carbonyl (C=O) groups excluding carboxylic acids is 10. The molecule has 2 aliphatic heterocycles. The normalized spacial score (nSPS) is 22.4. The number of nitrogens with one attached hydrogen (secondary N) is 8. The van der Waals surface area contributed by atoms with Crippen LogP contribution in [0.15, 0.2) is 66.5 Å². The van der Waals surface area contributed by atoms with Crippen LogP contribution in [0.5, 0.6) is 0 Å². The van der Waals surface area contributed by atoms with Gasteiger partial charge in [0.15, 0.2) is 0 Å². The molecule has 6 unspecified atom stereocenters. The van der Waals surface area contributed by atoms with Crippen molar-refractivity contribution in [2.75, 3.05) is 38.2 Å². The summed E-state index contributed by atoms with van der Waals surface area (Å²) in [5.74, 6) is -9.84. The predicted octanol–water partition coefficient (Wildman–Crippen LogP) is -2.55. The Kier molecular flexibility index (Phi) is 18.5. The number of primary amides is 1. The number of hydrogen-bond acceptors (Lipinski definition) is 13. The van der Waals surface area contributed by atoms with E-state index >= 15 is 0 Å². The summed E-state index contributed by atoms with van der Waals surface area (Å²) >= 11 is 1.29. The van der Waals surface area contributed by atoms with Crippen molar-refractivity contribution in [3.63, 3.8) is 0 Å². The number of aliphatic hydroxyl groups is 2. The van der Waals surface area contributed by atoms with Crippen molar-refractivity contribution in [1.29, 1.82) is 0 Å². The fourth-order valence-corrected chi connectivity index (χ4v) is 7.89. The number of para-hydroxylation sites is 1. The van der Waals surface area contributed by atoms with Gasteiger partial charge in [-0.3, -0.25) is 47.9 Å². The van der Waals surface area contributed by atoms with Crippen molar-refractivity contribution in [1.82, 2.24) is 47.1 Å². The molecule has 2 aliphatic rings. The molecular formula is C44H54N10O12S. The summed E-state index contributed by atoms with van der Waals surface area (Å²) < 4.78 is 0.